The molecular weight excluding hydrogens is 357 g/mol. The maximum atomic E-state index is 13.4. The van der Waals surface area contributed by atoms with Crippen LogP contribution in [-0.4, -0.2) is 31.0 Å². The molecule has 142 valence electrons. The minimum absolute atomic E-state index is 0.0196. The van der Waals surface area contributed by atoms with Gasteiger partial charge in [0.2, 0.25) is 5.88 Å². The zero-order chi connectivity index (χ0) is 19.5. The molecule has 0 fully saturated rings. The van der Waals surface area contributed by atoms with Crippen molar-refractivity contribution in [1.29, 1.82) is 0 Å². The number of aromatic nitrogens is 5. The molecular formula is C21H20FN5O. The molecule has 1 aliphatic heterocycles. The van der Waals surface area contributed by atoms with Gasteiger partial charge in [0, 0.05) is 17.8 Å². The van der Waals surface area contributed by atoms with E-state index in [0.29, 0.717) is 18.0 Å². The van der Waals surface area contributed by atoms with Crippen LogP contribution in [0.25, 0.3) is 28.0 Å². The Bertz CT molecular complexity index is 1190. The molecule has 0 aliphatic carbocycles. The van der Waals surface area contributed by atoms with Crippen LogP contribution in [0.5, 0.6) is 5.88 Å². The first-order chi connectivity index (χ1) is 13.4. The van der Waals surface area contributed by atoms with Crippen molar-refractivity contribution in [1.82, 2.24) is 24.4 Å². The molecule has 0 N–H and O–H groups in total. The molecule has 1 aliphatic rings. The molecule has 0 amide bonds. The van der Waals surface area contributed by atoms with Crippen LogP contribution in [0.4, 0.5) is 4.39 Å². The third kappa shape index (κ3) is 2.66. The van der Waals surface area contributed by atoms with Gasteiger partial charge in [0.25, 0.3) is 0 Å². The lowest BCUT2D eigenvalue weighted by atomic mass is 9.93. The Morgan fingerprint density at radius 3 is 2.86 bits per heavy atom. The molecule has 0 unspecified atom stereocenters. The number of rotatable bonds is 2. The average molecular weight is 377 g/mol. The van der Waals surface area contributed by atoms with Crippen LogP contribution < -0.4 is 4.74 Å². The monoisotopic (exact) mass is 377 g/mol. The summed E-state index contributed by atoms with van der Waals surface area (Å²) in [5.41, 5.74) is 5.21. The molecule has 0 spiro atoms. The fourth-order valence-electron chi connectivity index (χ4n) is 3.68. The van der Waals surface area contributed by atoms with E-state index < -0.39 is 0 Å². The number of aryl methyl sites for hydroxylation is 1. The van der Waals surface area contributed by atoms with Crippen molar-refractivity contribution in [2.75, 3.05) is 6.61 Å². The summed E-state index contributed by atoms with van der Waals surface area (Å²) >= 11 is 0. The standard InChI is InChI=1S/C21H20FN5O/c1-13-10-26-15(6-7-24-26)8-16(13)18-19(17-5-4-14(22)9-23-17)25-27-11-21(2,3)12-28-20(18)27/h4-10H,11-12H2,1-3H3. The van der Waals surface area contributed by atoms with E-state index in [2.05, 4.69) is 30.0 Å². The van der Waals surface area contributed by atoms with Crippen molar-refractivity contribution in [3.8, 4) is 28.4 Å². The third-order valence-corrected chi connectivity index (χ3v) is 5.06. The second-order valence-corrected chi connectivity index (χ2v) is 8.07. The Labute approximate surface area is 161 Å². The van der Waals surface area contributed by atoms with Gasteiger partial charge in [-0.25, -0.2) is 13.6 Å². The predicted molar refractivity (Wildman–Crippen MR) is 104 cm³/mol. The zero-order valence-electron chi connectivity index (χ0n) is 16.0. The maximum Gasteiger partial charge on any atom is 0.220 e. The topological polar surface area (TPSA) is 57.2 Å². The Morgan fingerprint density at radius 1 is 1.21 bits per heavy atom. The van der Waals surface area contributed by atoms with Crippen LogP contribution in [0.1, 0.15) is 19.4 Å². The van der Waals surface area contributed by atoms with E-state index in [0.717, 1.165) is 34.6 Å². The smallest absolute Gasteiger partial charge is 0.220 e. The minimum Gasteiger partial charge on any atom is -0.477 e. The summed E-state index contributed by atoms with van der Waals surface area (Å²) in [6.45, 7) is 7.68. The number of nitrogens with zero attached hydrogens (tertiary/aromatic N) is 5. The van der Waals surface area contributed by atoms with Crippen LogP contribution in [-0.2, 0) is 6.54 Å². The van der Waals surface area contributed by atoms with Crippen LogP contribution in [0, 0.1) is 18.2 Å². The Morgan fingerprint density at radius 2 is 2.07 bits per heavy atom. The molecule has 0 radical (unpaired) electrons. The van der Waals surface area contributed by atoms with Gasteiger partial charge in [-0.1, -0.05) is 13.8 Å². The van der Waals surface area contributed by atoms with Gasteiger partial charge >= 0.3 is 0 Å². The Balaban J connectivity index is 1.78. The van der Waals surface area contributed by atoms with E-state index >= 15 is 0 Å². The maximum absolute atomic E-state index is 13.4. The van der Waals surface area contributed by atoms with Gasteiger partial charge in [0.1, 0.15) is 11.5 Å². The second-order valence-electron chi connectivity index (χ2n) is 8.07. The molecule has 6 nitrogen and oxygen atoms in total. The summed E-state index contributed by atoms with van der Waals surface area (Å²) in [5.74, 6) is 0.357. The first-order valence-corrected chi connectivity index (χ1v) is 9.21. The van der Waals surface area contributed by atoms with Gasteiger partial charge in [-0.15, -0.1) is 0 Å². The number of ether oxygens (including phenoxy) is 1. The van der Waals surface area contributed by atoms with Crippen molar-refractivity contribution in [3.63, 3.8) is 0 Å². The number of halogens is 1. The van der Waals surface area contributed by atoms with Gasteiger partial charge in [-0.2, -0.15) is 10.2 Å². The van der Waals surface area contributed by atoms with Gasteiger partial charge in [0.15, 0.2) is 0 Å². The molecule has 0 atom stereocenters. The summed E-state index contributed by atoms with van der Waals surface area (Å²) in [5, 5.41) is 9.13. The third-order valence-electron chi connectivity index (χ3n) is 5.06. The van der Waals surface area contributed by atoms with Crippen LogP contribution >= 0.6 is 0 Å². The quantitative estimate of drug-likeness (QED) is 0.527. The fraction of sp³-hybridized carbons (Fsp3) is 0.286. The normalized spacial score (nSPS) is 15.4. The van der Waals surface area contributed by atoms with E-state index in [4.69, 9.17) is 9.84 Å². The van der Waals surface area contributed by atoms with Crippen LogP contribution in [0.2, 0.25) is 0 Å². The largest absolute Gasteiger partial charge is 0.477 e. The van der Waals surface area contributed by atoms with E-state index in [1.807, 2.05) is 28.4 Å². The lowest BCUT2D eigenvalue weighted by Gasteiger charge is -2.30. The molecule has 28 heavy (non-hydrogen) atoms. The molecule has 0 aromatic carbocycles. The highest BCUT2D eigenvalue weighted by atomic mass is 19.1. The Hall–Kier alpha value is -3.22. The molecule has 7 heteroatoms. The Kier molecular flexibility index (Phi) is 3.56. The average Bonchev–Trinajstić information content (AvgIpc) is 3.24. The van der Waals surface area contributed by atoms with E-state index in [9.17, 15) is 4.39 Å². The van der Waals surface area contributed by atoms with Crippen LogP contribution in [0.15, 0.2) is 42.9 Å². The summed E-state index contributed by atoms with van der Waals surface area (Å²) < 4.78 is 23.4. The number of hydrogen-bond acceptors (Lipinski definition) is 4. The molecule has 5 heterocycles. The van der Waals surface area contributed by atoms with Gasteiger partial charge in [-0.3, -0.25) is 4.98 Å². The number of fused-ring (bicyclic) bond motifs is 2. The molecule has 0 saturated heterocycles. The van der Waals surface area contributed by atoms with E-state index in [1.54, 1.807) is 12.3 Å². The highest BCUT2D eigenvalue weighted by molar-refractivity contribution is 5.86. The van der Waals surface area contributed by atoms with Gasteiger partial charge < -0.3 is 4.74 Å². The molecule has 0 bridgehead atoms. The molecule has 4 aromatic heterocycles. The molecule has 4 aromatic rings. The van der Waals surface area contributed by atoms with Crippen molar-refractivity contribution in [2.45, 2.75) is 27.3 Å². The predicted octanol–water partition coefficient (Wildman–Crippen LogP) is 4.13. The first kappa shape index (κ1) is 16.9. The number of pyridine rings is 2. The van der Waals surface area contributed by atoms with Crippen molar-refractivity contribution in [3.05, 3.63) is 54.2 Å². The first-order valence-electron chi connectivity index (χ1n) is 9.21. The van der Waals surface area contributed by atoms with E-state index in [-0.39, 0.29) is 11.2 Å². The molecule has 5 rings (SSSR count). The van der Waals surface area contributed by atoms with E-state index in [1.165, 1.54) is 12.3 Å². The molecule has 0 saturated carbocycles. The summed E-state index contributed by atoms with van der Waals surface area (Å²) in [4.78, 5) is 4.27. The summed E-state index contributed by atoms with van der Waals surface area (Å²) in [6, 6.07) is 7.10. The summed E-state index contributed by atoms with van der Waals surface area (Å²) in [7, 11) is 0. The minimum atomic E-state index is -0.372. The summed E-state index contributed by atoms with van der Waals surface area (Å²) in [6.07, 6.45) is 4.98. The lowest BCUT2D eigenvalue weighted by Crippen LogP contribution is -2.33. The lowest BCUT2D eigenvalue weighted by molar-refractivity contribution is 0.101. The van der Waals surface area contributed by atoms with Gasteiger partial charge in [-0.05, 0) is 42.3 Å². The highest BCUT2D eigenvalue weighted by Crippen LogP contribution is 2.43. The number of hydrogen-bond donors (Lipinski definition) is 0. The van der Waals surface area contributed by atoms with Crippen molar-refractivity contribution in [2.24, 2.45) is 5.41 Å². The zero-order valence-corrected chi connectivity index (χ0v) is 16.0. The van der Waals surface area contributed by atoms with Crippen molar-refractivity contribution < 1.29 is 9.13 Å². The van der Waals surface area contributed by atoms with Gasteiger partial charge in [0.05, 0.1) is 36.1 Å². The van der Waals surface area contributed by atoms with Crippen LogP contribution in [0.3, 0.4) is 0 Å². The van der Waals surface area contributed by atoms with Crippen molar-refractivity contribution >= 4 is 5.52 Å². The highest BCUT2D eigenvalue weighted by Gasteiger charge is 2.33. The SMILES string of the molecule is Cc1cn2nccc2cc1-c1c(-c2ccc(F)cn2)nn2c1OCC(C)(C)C2. The fourth-order valence-corrected chi connectivity index (χ4v) is 3.68. The second kappa shape index (κ2) is 5.89.